The van der Waals surface area contributed by atoms with Gasteiger partial charge in [0.1, 0.15) is 10.7 Å². The third-order valence-electron chi connectivity index (χ3n) is 2.91. The second-order valence-corrected chi connectivity index (χ2v) is 5.44. The highest BCUT2D eigenvalue weighted by molar-refractivity contribution is 14.1. The van der Waals surface area contributed by atoms with Gasteiger partial charge in [0.2, 0.25) is 0 Å². The van der Waals surface area contributed by atoms with Gasteiger partial charge in [-0.2, -0.15) is 0 Å². The lowest BCUT2D eigenvalue weighted by Crippen LogP contribution is -2.21. The van der Waals surface area contributed by atoms with E-state index < -0.39 is 0 Å². The molecule has 0 saturated heterocycles. The van der Waals surface area contributed by atoms with Crippen LogP contribution in [0.2, 0.25) is 5.15 Å². The number of fused-ring (bicyclic) bond motifs is 1. The molecule has 0 amide bonds. The highest BCUT2D eigenvalue weighted by Crippen LogP contribution is 2.25. The molecule has 92 valence electrons. The molecule has 0 bridgehead atoms. The van der Waals surface area contributed by atoms with Crippen LogP contribution in [0, 0.1) is 3.57 Å². The van der Waals surface area contributed by atoms with Gasteiger partial charge in [0.25, 0.3) is 0 Å². The molecule has 4 nitrogen and oxygen atoms in total. The fourth-order valence-corrected chi connectivity index (χ4v) is 3.25. The molecule has 0 saturated carbocycles. The molecule has 0 radical (unpaired) electrons. The number of aromatic nitrogens is 3. The lowest BCUT2D eigenvalue weighted by molar-refractivity contribution is 0.471. The van der Waals surface area contributed by atoms with Gasteiger partial charge in [0.15, 0.2) is 5.65 Å². The predicted octanol–water partition coefficient (Wildman–Crippen LogP) is 3.34. The van der Waals surface area contributed by atoms with Gasteiger partial charge in [-0.05, 0) is 41.5 Å². The van der Waals surface area contributed by atoms with E-state index >= 15 is 0 Å². The minimum Gasteiger partial charge on any atom is -0.290 e. The SMILES string of the molecule is CCC(CC)n1c(=O)[nH]c2nc(Cl)cc(I)c21. The molecule has 0 aromatic carbocycles. The summed E-state index contributed by atoms with van der Waals surface area (Å²) in [4.78, 5) is 18.9. The van der Waals surface area contributed by atoms with Gasteiger partial charge in [-0.3, -0.25) is 9.55 Å². The largest absolute Gasteiger partial charge is 0.327 e. The average Bonchev–Trinajstić information content (AvgIpc) is 2.57. The summed E-state index contributed by atoms with van der Waals surface area (Å²) in [6.45, 7) is 4.16. The van der Waals surface area contributed by atoms with Crippen LogP contribution in [0.5, 0.6) is 0 Å². The average molecular weight is 366 g/mol. The molecular formula is C11H13ClIN3O. The van der Waals surface area contributed by atoms with Crippen molar-refractivity contribution in [2.45, 2.75) is 32.7 Å². The van der Waals surface area contributed by atoms with E-state index in [2.05, 4.69) is 46.4 Å². The van der Waals surface area contributed by atoms with Gasteiger partial charge in [-0.25, -0.2) is 9.78 Å². The summed E-state index contributed by atoms with van der Waals surface area (Å²) in [5, 5.41) is 0.403. The number of hydrogen-bond acceptors (Lipinski definition) is 2. The number of rotatable bonds is 3. The number of H-pyrrole nitrogens is 1. The van der Waals surface area contributed by atoms with E-state index in [1.165, 1.54) is 0 Å². The van der Waals surface area contributed by atoms with Crippen molar-refractivity contribution in [3.05, 3.63) is 25.3 Å². The Hall–Kier alpha value is -0.560. The maximum absolute atomic E-state index is 12.0. The van der Waals surface area contributed by atoms with Crippen molar-refractivity contribution in [1.82, 2.24) is 14.5 Å². The number of nitrogens with one attached hydrogen (secondary N) is 1. The van der Waals surface area contributed by atoms with E-state index in [4.69, 9.17) is 11.6 Å². The van der Waals surface area contributed by atoms with E-state index in [1.54, 1.807) is 10.6 Å². The smallest absolute Gasteiger partial charge is 0.290 e. The quantitative estimate of drug-likeness (QED) is 0.670. The van der Waals surface area contributed by atoms with Crippen LogP contribution in [0.15, 0.2) is 10.9 Å². The number of hydrogen-bond donors (Lipinski definition) is 1. The van der Waals surface area contributed by atoms with E-state index in [0.29, 0.717) is 10.8 Å². The second-order valence-electron chi connectivity index (χ2n) is 3.89. The lowest BCUT2D eigenvalue weighted by Gasteiger charge is -2.14. The molecule has 1 N–H and O–H groups in total. The molecule has 0 aliphatic rings. The minimum absolute atomic E-state index is 0.110. The molecule has 2 aromatic rings. The molecule has 0 atom stereocenters. The Morgan fingerprint density at radius 3 is 2.76 bits per heavy atom. The maximum atomic E-state index is 12.0. The first-order chi connectivity index (χ1) is 8.08. The van der Waals surface area contributed by atoms with Gasteiger partial charge >= 0.3 is 5.69 Å². The van der Waals surface area contributed by atoms with Gasteiger partial charge in [-0.1, -0.05) is 25.4 Å². The predicted molar refractivity (Wildman–Crippen MR) is 77.7 cm³/mol. The highest BCUT2D eigenvalue weighted by Gasteiger charge is 2.17. The van der Waals surface area contributed by atoms with E-state index in [0.717, 1.165) is 21.9 Å². The summed E-state index contributed by atoms with van der Waals surface area (Å²) in [5.74, 6) is 0. The summed E-state index contributed by atoms with van der Waals surface area (Å²) in [6, 6.07) is 1.98. The van der Waals surface area contributed by atoms with E-state index in [9.17, 15) is 4.79 Å². The van der Waals surface area contributed by atoms with Gasteiger partial charge < -0.3 is 0 Å². The van der Waals surface area contributed by atoms with Crippen LogP contribution in [-0.4, -0.2) is 14.5 Å². The summed E-state index contributed by atoms with van der Waals surface area (Å²) in [6.07, 6.45) is 1.84. The molecule has 2 rings (SSSR count). The van der Waals surface area contributed by atoms with Crippen LogP contribution in [0.3, 0.4) is 0 Å². The van der Waals surface area contributed by atoms with Crippen LogP contribution < -0.4 is 5.69 Å². The molecule has 0 aliphatic heterocycles. The molecule has 0 aliphatic carbocycles. The van der Waals surface area contributed by atoms with Crippen molar-refractivity contribution < 1.29 is 0 Å². The van der Waals surface area contributed by atoms with Crippen LogP contribution >= 0.6 is 34.2 Å². The van der Waals surface area contributed by atoms with Crippen LogP contribution in [0.1, 0.15) is 32.7 Å². The number of pyridine rings is 1. The fourth-order valence-electron chi connectivity index (χ4n) is 2.06. The van der Waals surface area contributed by atoms with Crippen molar-refractivity contribution >= 4 is 45.4 Å². The highest BCUT2D eigenvalue weighted by atomic mass is 127. The Labute approximate surface area is 118 Å². The minimum atomic E-state index is -0.110. The third-order valence-corrected chi connectivity index (χ3v) is 3.92. The molecule has 6 heteroatoms. The first kappa shape index (κ1) is 12.9. The van der Waals surface area contributed by atoms with Crippen LogP contribution in [0.25, 0.3) is 11.2 Å². The Morgan fingerprint density at radius 1 is 1.53 bits per heavy atom. The van der Waals surface area contributed by atoms with E-state index in [-0.39, 0.29) is 11.7 Å². The van der Waals surface area contributed by atoms with Crippen molar-refractivity contribution in [1.29, 1.82) is 0 Å². The molecule has 2 aromatic heterocycles. The number of nitrogens with zero attached hydrogens (tertiary/aromatic N) is 2. The normalized spacial score (nSPS) is 11.6. The second kappa shape index (κ2) is 4.97. The monoisotopic (exact) mass is 365 g/mol. The Balaban J connectivity index is 2.79. The van der Waals surface area contributed by atoms with Crippen molar-refractivity contribution in [2.24, 2.45) is 0 Å². The van der Waals surface area contributed by atoms with Gasteiger partial charge in [0, 0.05) is 9.61 Å². The van der Waals surface area contributed by atoms with Crippen LogP contribution in [0.4, 0.5) is 0 Å². The zero-order valence-electron chi connectivity index (χ0n) is 9.63. The molecule has 0 spiro atoms. The van der Waals surface area contributed by atoms with Crippen LogP contribution in [-0.2, 0) is 0 Å². The summed E-state index contributed by atoms with van der Waals surface area (Å²) < 4.78 is 2.74. The Kier molecular flexibility index (Phi) is 3.77. The summed E-state index contributed by atoms with van der Waals surface area (Å²) in [7, 11) is 0. The molecule has 0 fully saturated rings. The lowest BCUT2D eigenvalue weighted by atomic mass is 10.1. The summed E-state index contributed by atoms with van der Waals surface area (Å²) >= 11 is 8.07. The molecule has 0 unspecified atom stereocenters. The van der Waals surface area contributed by atoms with Crippen molar-refractivity contribution in [3.63, 3.8) is 0 Å². The number of imidazole rings is 1. The fraction of sp³-hybridized carbons (Fsp3) is 0.455. The third kappa shape index (κ3) is 2.22. The first-order valence-corrected chi connectivity index (χ1v) is 7.00. The Bertz CT molecular complexity index is 601. The van der Waals surface area contributed by atoms with Crippen molar-refractivity contribution in [2.75, 3.05) is 0 Å². The maximum Gasteiger partial charge on any atom is 0.327 e. The number of halogens is 2. The molecular weight excluding hydrogens is 352 g/mol. The van der Waals surface area contributed by atoms with Crippen molar-refractivity contribution in [3.8, 4) is 0 Å². The standard InChI is InChI=1S/C11H13ClIN3O/c1-3-6(4-2)16-9-7(13)5-8(12)14-10(9)15-11(16)17/h5-6H,3-4H2,1-2H3,(H,14,15,17). The zero-order valence-corrected chi connectivity index (χ0v) is 12.5. The molecule has 17 heavy (non-hydrogen) atoms. The van der Waals surface area contributed by atoms with Gasteiger partial charge in [0.05, 0.1) is 0 Å². The first-order valence-electron chi connectivity index (χ1n) is 5.54. The Morgan fingerprint density at radius 2 is 2.18 bits per heavy atom. The van der Waals surface area contributed by atoms with Gasteiger partial charge in [-0.15, -0.1) is 0 Å². The topological polar surface area (TPSA) is 50.7 Å². The van der Waals surface area contributed by atoms with E-state index in [1.807, 2.05) is 0 Å². The molecule has 2 heterocycles. The summed E-state index contributed by atoms with van der Waals surface area (Å²) in [5.41, 5.74) is 1.31. The number of aromatic amines is 1. The zero-order chi connectivity index (χ0) is 12.6.